The van der Waals surface area contributed by atoms with Gasteiger partial charge in [0.2, 0.25) is 0 Å². The summed E-state index contributed by atoms with van der Waals surface area (Å²) in [4.78, 5) is 2.45. The van der Waals surface area contributed by atoms with E-state index in [0.717, 1.165) is 18.9 Å². The molecule has 1 aliphatic rings. The van der Waals surface area contributed by atoms with Crippen LogP contribution in [0.2, 0.25) is 0 Å². The Morgan fingerprint density at radius 3 is 2.61 bits per heavy atom. The van der Waals surface area contributed by atoms with Crippen molar-refractivity contribution in [3.63, 3.8) is 0 Å². The minimum Gasteiger partial charge on any atom is -0.371 e. The van der Waals surface area contributed by atoms with Crippen LogP contribution >= 0.6 is 0 Å². The van der Waals surface area contributed by atoms with Crippen molar-refractivity contribution in [1.82, 2.24) is 0 Å². The van der Waals surface area contributed by atoms with E-state index in [-0.39, 0.29) is 0 Å². The second-order valence-electron chi connectivity index (χ2n) is 5.69. The molecule has 0 amide bonds. The van der Waals surface area contributed by atoms with Crippen molar-refractivity contribution in [3.8, 4) is 0 Å². The van der Waals surface area contributed by atoms with Gasteiger partial charge in [0, 0.05) is 24.8 Å². The summed E-state index contributed by atoms with van der Waals surface area (Å²) in [6.45, 7) is 4.36. The maximum atomic E-state index is 6.02. The zero-order chi connectivity index (χ0) is 13.1. The zero-order valence-electron chi connectivity index (χ0n) is 11.9. The van der Waals surface area contributed by atoms with E-state index >= 15 is 0 Å². The molecule has 0 spiro atoms. The summed E-state index contributed by atoms with van der Waals surface area (Å²) < 4.78 is 0. The molecule has 0 heterocycles. The molecule has 2 N–H and O–H groups in total. The van der Waals surface area contributed by atoms with Gasteiger partial charge >= 0.3 is 0 Å². The molecule has 1 aromatic rings. The Kier molecular flexibility index (Phi) is 4.28. The van der Waals surface area contributed by atoms with Gasteiger partial charge in [-0.2, -0.15) is 0 Å². The second kappa shape index (κ2) is 5.75. The van der Waals surface area contributed by atoms with Gasteiger partial charge in [0.05, 0.1) is 0 Å². The number of hydrogen-bond acceptors (Lipinski definition) is 2. The molecule has 2 rings (SSSR count). The van der Waals surface area contributed by atoms with E-state index in [1.54, 1.807) is 0 Å². The molecule has 1 atom stereocenters. The summed E-state index contributed by atoms with van der Waals surface area (Å²) in [5, 5.41) is 0. The third kappa shape index (κ3) is 2.86. The molecule has 18 heavy (non-hydrogen) atoms. The first-order chi connectivity index (χ1) is 8.61. The third-order valence-electron chi connectivity index (χ3n) is 4.29. The van der Waals surface area contributed by atoms with Gasteiger partial charge in [-0.3, -0.25) is 0 Å². The van der Waals surface area contributed by atoms with Gasteiger partial charge in [0.15, 0.2) is 0 Å². The maximum Gasteiger partial charge on any atom is 0.0396 e. The zero-order valence-corrected chi connectivity index (χ0v) is 11.9. The Morgan fingerprint density at radius 1 is 1.39 bits per heavy atom. The summed E-state index contributed by atoms with van der Waals surface area (Å²) in [5.41, 5.74) is 10.2. The third-order valence-corrected chi connectivity index (χ3v) is 4.29. The first kappa shape index (κ1) is 13.4. The molecular formula is C16H26N2. The predicted octanol–water partition coefficient (Wildman–Crippen LogP) is 3.26. The molecule has 1 saturated carbocycles. The van der Waals surface area contributed by atoms with E-state index in [1.165, 1.54) is 36.1 Å². The molecule has 0 bridgehead atoms. The smallest absolute Gasteiger partial charge is 0.0396 e. The van der Waals surface area contributed by atoms with Crippen LogP contribution in [0.15, 0.2) is 18.2 Å². The highest BCUT2D eigenvalue weighted by molar-refractivity contribution is 5.55. The van der Waals surface area contributed by atoms with Crippen LogP contribution in [0.3, 0.4) is 0 Å². The van der Waals surface area contributed by atoms with Crippen LogP contribution in [0.5, 0.6) is 0 Å². The Bertz CT molecular complexity index is 396. The van der Waals surface area contributed by atoms with Crippen molar-refractivity contribution in [2.75, 3.05) is 11.9 Å². The standard InChI is InChI=1S/C16H26N2/c1-4-14(17)11-13-8-9-16(12(2)10-13)18(3)15-6-5-7-15/h8-10,14-15H,4-7,11,17H2,1-3H3. The fourth-order valence-electron chi connectivity index (χ4n) is 2.66. The van der Waals surface area contributed by atoms with E-state index in [0.29, 0.717) is 6.04 Å². The van der Waals surface area contributed by atoms with Gasteiger partial charge < -0.3 is 10.6 Å². The molecule has 0 aliphatic heterocycles. The van der Waals surface area contributed by atoms with Gasteiger partial charge in [0.25, 0.3) is 0 Å². The SMILES string of the molecule is CCC(N)Cc1ccc(N(C)C2CCC2)c(C)c1. The molecular weight excluding hydrogens is 220 g/mol. The van der Waals surface area contributed by atoms with Crippen LogP contribution in [0.4, 0.5) is 5.69 Å². The Balaban J connectivity index is 2.09. The lowest BCUT2D eigenvalue weighted by molar-refractivity contribution is 0.401. The molecule has 0 radical (unpaired) electrons. The van der Waals surface area contributed by atoms with Crippen molar-refractivity contribution < 1.29 is 0 Å². The normalized spacial score (nSPS) is 17.3. The summed E-state index contributed by atoms with van der Waals surface area (Å²) in [6.07, 6.45) is 6.11. The minimum atomic E-state index is 0.291. The lowest BCUT2D eigenvalue weighted by Crippen LogP contribution is -2.37. The highest BCUT2D eigenvalue weighted by Crippen LogP contribution is 2.30. The van der Waals surface area contributed by atoms with Gasteiger partial charge in [-0.25, -0.2) is 0 Å². The minimum absolute atomic E-state index is 0.291. The highest BCUT2D eigenvalue weighted by Gasteiger charge is 2.23. The van der Waals surface area contributed by atoms with Crippen LogP contribution in [0.1, 0.15) is 43.7 Å². The van der Waals surface area contributed by atoms with Gasteiger partial charge in [-0.1, -0.05) is 19.1 Å². The van der Waals surface area contributed by atoms with Crippen LogP contribution in [-0.4, -0.2) is 19.1 Å². The summed E-state index contributed by atoms with van der Waals surface area (Å²) >= 11 is 0. The quantitative estimate of drug-likeness (QED) is 0.864. The first-order valence-corrected chi connectivity index (χ1v) is 7.19. The molecule has 2 nitrogen and oxygen atoms in total. The van der Waals surface area contributed by atoms with E-state index in [9.17, 15) is 0 Å². The van der Waals surface area contributed by atoms with E-state index in [4.69, 9.17) is 5.73 Å². The number of anilines is 1. The molecule has 2 heteroatoms. The molecule has 0 aromatic heterocycles. The average molecular weight is 246 g/mol. The summed E-state index contributed by atoms with van der Waals surface area (Å²) in [7, 11) is 2.23. The maximum absolute atomic E-state index is 6.02. The number of rotatable bonds is 5. The van der Waals surface area contributed by atoms with Crippen LogP contribution in [0.25, 0.3) is 0 Å². The highest BCUT2D eigenvalue weighted by atomic mass is 15.1. The van der Waals surface area contributed by atoms with Gasteiger partial charge in [-0.15, -0.1) is 0 Å². The molecule has 1 fully saturated rings. The van der Waals surface area contributed by atoms with Crippen molar-refractivity contribution in [2.45, 2.75) is 58.0 Å². The second-order valence-corrected chi connectivity index (χ2v) is 5.69. The van der Waals surface area contributed by atoms with Crippen molar-refractivity contribution in [2.24, 2.45) is 5.73 Å². The Hall–Kier alpha value is -1.02. The molecule has 1 unspecified atom stereocenters. The Labute approximate surface area is 111 Å². The number of aryl methyl sites for hydroxylation is 1. The topological polar surface area (TPSA) is 29.3 Å². The molecule has 0 saturated heterocycles. The van der Waals surface area contributed by atoms with Crippen molar-refractivity contribution in [1.29, 1.82) is 0 Å². The van der Waals surface area contributed by atoms with Crippen LogP contribution in [-0.2, 0) is 6.42 Å². The van der Waals surface area contributed by atoms with Gasteiger partial charge in [-0.05, 0) is 56.2 Å². The monoisotopic (exact) mass is 246 g/mol. The number of nitrogens with two attached hydrogens (primary N) is 1. The summed E-state index contributed by atoms with van der Waals surface area (Å²) in [6, 6.07) is 7.87. The molecule has 1 aliphatic carbocycles. The average Bonchev–Trinajstić information content (AvgIpc) is 2.26. The molecule has 100 valence electrons. The lowest BCUT2D eigenvalue weighted by atomic mass is 9.91. The number of nitrogens with zero attached hydrogens (tertiary/aromatic N) is 1. The fourth-order valence-corrected chi connectivity index (χ4v) is 2.66. The number of hydrogen-bond donors (Lipinski definition) is 1. The van der Waals surface area contributed by atoms with Crippen molar-refractivity contribution in [3.05, 3.63) is 29.3 Å². The Morgan fingerprint density at radius 2 is 2.11 bits per heavy atom. The summed E-state index contributed by atoms with van der Waals surface area (Å²) in [5.74, 6) is 0. The van der Waals surface area contributed by atoms with Crippen LogP contribution in [0, 0.1) is 6.92 Å². The van der Waals surface area contributed by atoms with E-state index in [1.807, 2.05) is 0 Å². The lowest BCUT2D eigenvalue weighted by Gasteiger charge is -2.37. The predicted molar refractivity (Wildman–Crippen MR) is 79.2 cm³/mol. The fraction of sp³-hybridized carbons (Fsp3) is 0.625. The van der Waals surface area contributed by atoms with Gasteiger partial charge in [0.1, 0.15) is 0 Å². The number of benzene rings is 1. The first-order valence-electron chi connectivity index (χ1n) is 7.19. The van der Waals surface area contributed by atoms with E-state index < -0.39 is 0 Å². The largest absolute Gasteiger partial charge is 0.371 e. The van der Waals surface area contributed by atoms with Crippen LogP contribution < -0.4 is 10.6 Å². The van der Waals surface area contributed by atoms with E-state index in [2.05, 4.69) is 44.0 Å². The molecule has 1 aromatic carbocycles. The van der Waals surface area contributed by atoms with Crippen molar-refractivity contribution >= 4 is 5.69 Å².